The molecule has 0 saturated carbocycles. The van der Waals surface area contributed by atoms with Crippen molar-refractivity contribution >= 4 is 17.3 Å². The van der Waals surface area contributed by atoms with Crippen LogP contribution in [0.1, 0.15) is 22.6 Å². The maximum absolute atomic E-state index is 13.5. The van der Waals surface area contributed by atoms with Crippen molar-refractivity contribution < 1.29 is 14.3 Å². The lowest BCUT2D eigenvalue weighted by Gasteiger charge is -2.10. The number of halogens is 1. The number of nitrogens with one attached hydrogen (secondary N) is 2. The Morgan fingerprint density at radius 2 is 2.30 bits per heavy atom. The number of H-pyrrole nitrogens is 1. The molecule has 2 aromatic rings. The molecule has 1 aromatic heterocycles. The molecular formula is C12H14FN5O2. The molecule has 106 valence electrons. The molecule has 1 heterocycles. The monoisotopic (exact) mass is 279 g/mol. The summed E-state index contributed by atoms with van der Waals surface area (Å²) < 4.78 is 13.5. The van der Waals surface area contributed by atoms with Crippen LogP contribution >= 0.6 is 0 Å². The van der Waals surface area contributed by atoms with Gasteiger partial charge in [0.25, 0.3) is 0 Å². The number of anilines is 2. The summed E-state index contributed by atoms with van der Waals surface area (Å²) in [6.45, 7) is 0.552. The fourth-order valence-corrected chi connectivity index (χ4v) is 1.74. The van der Waals surface area contributed by atoms with Crippen molar-refractivity contribution in [3.05, 3.63) is 35.7 Å². The van der Waals surface area contributed by atoms with Gasteiger partial charge in [0.05, 0.1) is 16.9 Å². The number of nitrogens with zero attached hydrogens (tertiary/aromatic N) is 2. The van der Waals surface area contributed by atoms with Crippen LogP contribution in [0.15, 0.2) is 18.5 Å². The van der Waals surface area contributed by atoms with E-state index in [4.69, 9.17) is 10.8 Å². The summed E-state index contributed by atoms with van der Waals surface area (Å²) in [5.74, 6) is -1.39. The largest absolute Gasteiger partial charge is 0.478 e. The highest BCUT2D eigenvalue weighted by Gasteiger charge is 2.13. The standard InChI is InChI=1S/C12H14FN5O2/c13-8-5-10(9(14)4-7(8)12(19)20)15-3-1-2-11-16-6-17-18-11/h4-6,15H,1-3,14H2,(H,19,20)(H,16,17,18). The van der Waals surface area contributed by atoms with Gasteiger partial charge in [0.2, 0.25) is 0 Å². The number of carboxylic acid groups (broad SMARTS) is 1. The van der Waals surface area contributed by atoms with Crippen LogP contribution in [0, 0.1) is 5.82 Å². The average molecular weight is 279 g/mol. The van der Waals surface area contributed by atoms with E-state index in [1.54, 1.807) is 0 Å². The van der Waals surface area contributed by atoms with Crippen LogP contribution in [-0.4, -0.2) is 32.8 Å². The van der Waals surface area contributed by atoms with Gasteiger partial charge in [-0.05, 0) is 18.6 Å². The zero-order valence-electron chi connectivity index (χ0n) is 10.6. The van der Waals surface area contributed by atoms with Crippen molar-refractivity contribution in [3.63, 3.8) is 0 Å². The summed E-state index contributed by atoms with van der Waals surface area (Å²) in [7, 11) is 0. The SMILES string of the molecule is Nc1cc(C(=O)O)c(F)cc1NCCCc1ncn[nH]1. The number of nitrogen functional groups attached to an aromatic ring is 1. The van der Waals surface area contributed by atoms with Gasteiger partial charge in [-0.1, -0.05) is 0 Å². The van der Waals surface area contributed by atoms with Gasteiger partial charge in [-0.2, -0.15) is 5.10 Å². The van der Waals surface area contributed by atoms with Crippen LogP contribution < -0.4 is 11.1 Å². The zero-order chi connectivity index (χ0) is 14.5. The average Bonchev–Trinajstić information content (AvgIpc) is 2.90. The van der Waals surface area contributed by atoms with Gasteiger partial charge in [0.1, 0.15) is 18.0 Å². The molecule has 1 aromatic carbocycles. The molecule has 0 aliphatic heterocycles. The lowest BCUT2D eigenvalue weighted by atomic mass is 10.1. The fourth-order valence-electron chi connectivity index (χ4n) is 1.74. The number of benzene rings is 1. The summed E-state index contributed by atoms with van der Waals surface area (Å²) in [5.41, 5.74) is 5.83. The highest BCUT2D eigenvalue weighted by Crippen LogP contribution is 2.23. The minimum absolute atomic E-state index is 0.198. The van der Waals surface area contributed by atoms with Crippen molar-refractivity contribution in [1.82, 2.24) is 15.2 Å². The molecule has 2 rings (SSSR count). The highest BCUT2D eigenvalue weighted by molar-refractivity contribution is 5.90. The number of rotatable bonds is 6. The molecule has 0 atom stereocenters. The van der Waals surface area contributed by atoms with Gasteiger partial charge in [0.15, 0.2) is 0 Å². The van der Waals surface area contributed by atoms with Crippen LogP contribution in [-0.2, 0) is 6.42 Å². The maximum Gasteiger partial charge on any atom is 0.338 e. The number of hydrogen-bond acceptors (Lipinski definition) is 5. The Bertz CT molecular complexity index is 600. The number of aryl methyl sites for hydroxylation is 1. The smallest absolute Gasteiger partial charge is 0.338 e. The first-order valence-electron chi connectivity index (χ1n) is 5.98. The normalized spacial score (nSPS) is 10.4. The molecular weight excluding hydrogens is 265 g/mol. The Morgan fingerprint density at radius 1 is 1.50 bits per heavy atom. The maximum atomic E-state index is 13.5. The molecule has 20 heavy (non-hydrogen) atoms. The first-order valence-corrected chi connectivity index (χ1v) is 5.98. The predicted molar refractivity (Wildman–Crippen MR) is 71.0 cm³/mol. The van der Waals surface area contributed by atoms with Gasteiger partial charge in [-0.15, -0.1) is 0 Å². The van der Waals surface area contributed by atoms with Gasteiger partial charge < -0.3 is 16.2 Å². The third-order valence-electron chi connectivity index (χ3n) is 2.74. The van der Waals surface area contributed by atoms with E-state index >= 15 is 0 Å². The zero-order valence-corrected chi connectivity index (χ0v) is 10.6. The first-order chi connectivity index (χ1) is 9.58. The van der Waals surface area contributed by atoms with E-state index in [0.717, 1.165) is 24.4 Å². The molecule has 8 heteroatoms. The number of aromatic amines is 1. The predicted octanol–water partition coefficient (Wildman–Crippen LogP) is 1.27. The van der Waals surface area contributed by atoms with Gasteiger partial charge in [0, 0.05) is 13.0 Å². The lowest BCUT2D eigenvalue weighted by Crippen LogP contribution is -2.09. The second-order valence-electron chi connectivity index (χ2n) is 4.19. The minimum atomic E-state index is -1.34. The minimum Gasteiger partial charge on any atom is -0.478 e. The summed E-state index contributed by atoms with van der Waals surface area (Å²) >= 11 is 0. The number of carbonyl (C=O) groups is 1. The van der Waals surface area contributed by atoms with Crippen LogP contribution in [0.3, 0.4) is 0 Å². The highest BCUT2D eigenvalue weighted by atomic mass is 19.1. The summed E-state index contributed by atoms with van der Waals surface area (Å²) in [6, 6.07) is 2.20. The van der Waals surface area contributed by atoms with E-state index in [9.17, 15) is 9.18 Å². The molecule has 0 amide bonds. The van der Waals surface area contributed by atoms with Crippen LogP contribution in [0.4, 0.5) is 15.8 Å². The van der Waals surface area contributed by atoms with E-state index in [0.29, 0.717) is 18.7 Å². The number of carboxylic acids is 1. The van der Waals surface area contributed by atoms with Crippen molar-refractivity contribution in [3.8, 4) is 0 Å². The van der Waals surface area contributed by atoms with Gasteiger partial charge >= 0.3 is 5.97 Å². The second-order valence-corrected chi connectivity index (χ2v) is 4.19. The fraction of sp³-hybridized carbons (Fsp3) is 0.250. The third-order valence-corrected chi connectivity index (χ3v) is 2.74. The Balaban J connectivity index is 1.92. The molecule has 7 nitrogen and oxygen atoms in total. The molecule has 0 aliphatic rings. The van der Waals surface area contributed by atoms with E-state index in [-0.39, 0.29) is 5.69 Å². The number of hydrogen-bond donors (Lipinski definition) is 4. The van der Waals surface area contributed by atoms with Crippen molar-refractivity contribution in [2.24, 2.45) is 0 Å². The van der Waals surface area contributed by atoms with Crippen LogP contribution in [0.5, 0.6) is 0 Å². The third kappa shape index (κ3) is 3.22. The Labute approximate surface area is 114 Å². The molecule has 5 N–H and O–H groups in total. The van der Waals surface area contributed by atoms with E-state index in [1.165, 1.54) is 6.33 Å². The van der Waals surface area contributed by atoms with Crippen LogP contribution in [0.2, 0.25) is 0 Å². The van der Waals surface area contributed by atoms with E-state index in [2.05, 4.69) is 20.5 Å². The summed E-state index contributed by atoms with van der Waals surface area (Å²) in [5, 5.41) is 18.2. The van der Waals surface area contributed by atoms with E-state index in [1.807, 2.05) is 0 Å². The number of aromatic carboxylic acids is 1. The van der Waals surface area contributed by atoms with Gasteiger partial charge in [-0.3, -0.25) is 5.10 Å². The van der Waals surface area contributed by atoms with Crippen molar-refractivity contribution in [2.45, 2.75) is 12.8 Å². The second kappa shape index (κ2) is 6.00. The molecule has 0 saturated heterocycles. The van der Waals surface area contributed by atoms with Gasteiger partial charge in [-0.25, -0.2) is 14.2 Å². The molecule has 0 radical (unpaired) electrons. The molecule has 0 unspecified atom stereocenters. The quantitative estimate of drug-likeness (QED) is 0.467. The first kappa shape index (κ1) is 13.8. The molecule has 0 fully saturated rings. The number of aromatic nitrogens is 3. The molecule has 0 spiro atoms. The van der Waals surface area contributed by atoms with E-state index < -0.39 is 17.3 Å². The van der Waals surface area contributed by atoms with Crippen molar-refractivity contribution in [1.29, 1.82) is 0 Å². The summed E-state index contributed by atoms with van der Waals surface area (Å²) in [6.07, 6.45) is 2.88. The summed E-state index contributed by atoms with van der Waals surface area (Å²) in [4.78, 5) is 14.7. The molecule has 0 bridgehead atoms. The Morgan fingerprint density at radius 3 is 2.95 bits per heavy atom. The topological polar surface area (TPSA) is 117 Å². The lowest BCUT2D eigenvalue weighted by molar-refractivity contribution is 0.0692. The van der Waals surface area contributed by atoms with Crippen LogP contribution in [0.25, 0.3) is 0 Å². The molecule has 0 aliphatic carbocycles. The number of nitrogens with two attached hydrogens (primary N) is 1. The Kier molecular flexibility index (Phi) is 4.14. The van der Waals surface area contributed by atoms with Crippen molar-refractivity contribution in [2.75, 3.05) is 17.6 Å². The Hall–Kier alpha value is -2.64.